The number of rotatable bonds is 11. The van der Waals surface area contributed by atoms with Gasteiger partial charge in [0.05, 0.1) is 35.5 Å². The Labute approximate surface area is 194 Å². The molecule has 0 amide bonds. The third-order valence-electron chi connectivity index (χ3n) is 4.88. The number of carbonyl (C=O) groups excluding carboxylic acids is 1. The first kappa shape index (κ1) is 25.7. The first-order valence-corrected chi connectivity index (χ1v) is 10.4. The number of methoxy groups -OCH3 is 5. The Bertz CT molecular complexity index is 932. The van der Waals surface area contributed by atoms with Crippen LogP contribution < -0.4 is 28.4 Å². The number of esters is 1. The fourth-order valence-corrected chi connectivity index (χ4v) is 3.43. The second-order valence-electron chi connectivity index (χ2n) is 7.07. The number of hydrogen-bond donors (Lipinski definition) is 0. The predicted octanol–water partition coefficient (Wildman–Crippen LogP) is 4.83. The minimum Gasteiger partial charge on any atom is -0.493 e. The standard InChI is InChI=1S/C25H32O8/c1-9-10-17-11-19(27-4)25(20(12-17)28-5)32-15(2)23(33-16(3)26)18-13-21(29-6)24(31-8)22(14-18)30-7/h9-15,23H,1-8H3/t15-,23+/m1/s1. The van der Waals surface area contributed by atoms with E-state index in [1.54, 1.807) is 33.3 Å². The van der Waals surface area contributed by atoms with Crippen molar-refractivity contribution in [2.45, 2.75) is 33.0 Å². The largest absolute Gasteiger partial charge is 0.493 e. The summed E-state index contributed by atoms with van der Waals surface area (Å²) in [5, 5.41) is 0. The Hall–Kier alpha value is -3.55. The average molecular weight is 461 g/mol. The molecular weight excluding hydrogens is 428 g/mol. The van der Waals surface area contributed by atoms with Crippen LogP contribution in [0, 0.1) is 0 Å². The molecule has 0 heterocycles. The van der Waals surface area contributed by atoms with Crippen molar-refractivity contribution in [1.82, 2.24) is 0 Å². The molecule has 180 valence electrons. The molecule has 2 aromatic carbocycles. The molecule has 8 nitrogen and oxygen atoms in total. The van der Waals surface area contributed by atoms with E-state index in [1.807, 2.05) is 31.2 Å². The van der Waals surface area contributed by atoms with E-state index in [-0.39, 0.29) is 0 Å². The van der Waals surface area contributed by atoms with Crippen LogP contribution in [0.4, 0.5) is 0 Å². The topological polar surface area (TPSA) is 81.7 Å². The summed E-state index contributed by atoms with van der Waals surface area (Å²) in [6.45, 7) is 5.05. The van der Waals surface area contributed by atoms with Crippen molar-refractivity contribution in [2.24, 2.45) is 0 Å². The minimum absolute atomic E-state index is 0.394. The molecule has 8 heteroatoms. The molecule has 0 fully saturated rings. The number of benzene rings is 2. The van der Waals surface area contributed by atoms with Crippen molar-refractivity contribution in [3.05, 3.63) is 41.5 Å². The van der Waals surface area contributed by atoms with Gasteiger partial charge in [-0.25, -0.2) is 0 Å². The lowest BCUT2D eigenvalue weighted by molar-refractivity contribution is -0.151. The molecule has 2 rings (SSSR count). The van der Waals surface area contributed by atoms with Gasteiger partial charge in [-0.15, -0.1) is 0 Å². The zero-order chi connectivity index (χ0) is 24.5. The molecule has 0 saturated heterocycles. The zero-order valence-corrected chi connectivity index (χ0v) is 20.4. The summed E-state index contributed by atoms with van der Waals surface area (Å²) in [7, 11) is 7.65. The van der Waals surface area contributed by atoms with E-state index in [9.17, 15) is 4.79 Å². The van der Waals surface area contributed by atoms with Gasteiger partial charge in [-0.1, -0.05) is 12.2 Å². The first-order chi connectivity index (χ1) is 15.8. The van der Waals surface area contributed by atoms with Gasteiger partial charge in [-0.05, 0) is 43.7 Å². The van der Waals surface area contributed by atoms with Crippen LogP contribution in [0.15, 0.2) is 30.3 Å². The molecule has 0 aliphatic heterocycles. The summed E-state index contributed by atoms with van der Waals surface area (Å²) in [5.41, 5.74) is 1.50. The van der Waals surface area contributed by atoms with Gasteiger partial charge in [0, 0.05) is 12.5 Å². The number of allylic oxidation sites excluding steroid dienone is 1. The Balaban J connectivity index is 2.54. The fourth-order valence-electron chi connectivity index (χ4n) is 3.43. The molecule has 0 unspecified atom stereocenters. The van der Waals surface area contributed by atoms with Crippen molar-refractivity contribution >= 4 is 12.0 Å². The van der Waals surface area contributed by atoms with Crippen LogP contribution in [0.2, 0.25) is 0 Å². The molecule has 0 saturated carbocycles. The van der Waals surface area contributed by atoms with Gasteiger partial charge < -0.3 is 33.2 Å². The lowest BCUT2D eigenvalue weighted by Gasteiger charge is -2.27. The van der Waals surface area contributed by atoms with Crippen molar-refractivity contribution < 1.29 is 38.0 Å². The summed E-state index contributed by atoms with van der Waals surface area (Å²) in [5.74, 6) is 2.20. The van der Waals surface area contributed by atoms with Gasteiger partial charge in [0.2, 0.25) is 11.5 Å². The summed E-state index contributed by atoms with van der Waals surface area (Å²) in [6.07, 6.45) is 2.42. The summed E-state index contributed by atoms with van der Waals surface area (Å²) < 4.78 is 39.3. The Morgan fingerprint density at radius 1 is 0.788 bits per heavy atom. The van der Waals surface area contributed by atoms with Crippen LogP contribution in [-0.2, 0) is 9.53 Å². The predicted molar refractivity (Wildman–Crippen MR) is 125 cm³/mol. The molecule has 0 N–H and O–H groups in total. The van der Waals surface area contributed by atoms with Crippen molar-refractivity contribution in [2.75, 3.05) is 35.5 Å². The first-order valence-electron chi connectivity index (χ1n) is 10.4. The number of carbonyl (C=O) groups is 1. The molecule has 2 atom stereocenters. The highest BCUT2D eigenvalue weighted by molar-refractivity contribution is 5.67. The van der Waals surface area contributed by atoms with E-state index in [2.05, 4.69) is 0 Å². The third kappa shape index (κ3) is 6.03. The second kappa shape index (κ2) is 11.9. The maximum Gasteiger partial charge on any atom is 0.303 e. The third-order valence-corrected chi connectivity index (χ3v) is 4.88. The fraction of sp³-hybridized carbons (Fsp3) is 0.400. The zero-order valence-electron chi connectivity index (χ0n) is 20.4. The van der Waals surface area contributed by atoms with E-state index < -0.39 is 18.2 Å². The molecule has 33 heavy (non-hydrogen) atoms. The molecule has 0 bridgehead atoms. The highest BCUT2D eigenvalue weighted by Crippen LogP contribution is 2.44. The van der Waals surface area contributed by atoms with Gasteiger partial charge in [0.15, 0.2) is 29.1 Å². The Kier molecular flexibility index (Phi) is 9.27. The van der Waals surface area contributed by atoms with E-state index in [0.717, 1.165) is 5.56 Å². The number of hydrogen-bond acceptors (Lipinski definition) is 8. The van der Waals surface area contributed by atoms with Gasteiger partial charge in [0.25, 0.3) is 0 Å². The van der Waals surface area contributed by atoms with Crippen molar-refractivity contribution in [3.63, 3.8) is 0 Å². The summed E-state index contributed by atoms with van der Waals surface area (Å²) >= 11 is 0. The van der Waals surface area contributed by atoms with Gasteiger partial charge in [-0.2, -0.15) is 0 Å². The van der Waals surface area contributed by atoms with Crippen LogP contribution in [0.25, 0.3) is 6.08 Å². The minimum atomic E-state index is -0.791. The molecule has 0 aliphatic carbocycles. The van der Waals surface area contributed by atoms with Crippen LogP contribution in [0.5, 0.6) is 34.5 Å². The molecular formula is C25H32O8. The summed E-state index contributed by atoms with van der Waals surface area (Å²) in [4.78, 5) is 12.0. The maximum atomic E-state index is 12.0. The van der Waals surface area contributed by atoms with E-state index >= 15 is 0 Å². The van der Waals surface area contributed by atoms with Gasteiger partial charge >= 0.3 is 5.97 Å². The van der Waals surface area contributed by atoms with Crippen LogP contribution >= 0.6 is 0 Å². The lowest BCUT2D eigenvalue weighted by Crippen LogP contribution is -2.26. The Morgan fingerprint density at radius 2 is 1.27 bits per heavy atom. The smallest absolute Gasteiger partial charge is 0.303 e. The highest BCUT2D eigenvalue weighted by atomic mass is 16.6. The highest BCUT2D eigenvalue weighted by Gasteiger charge is 2.29. The quantitative estimate of drug-likeness (QED) is 0.441. The summed E-state index contributed by atoms with van der Waals surface area (Å²) in [6, 6.07) is 7.12. The van der Waals surface area contributed by atoms with E-state index in [1.165, 1.54) is 28.3 Å². The van der Waals surface area contributed by atoms with Gasteiger partial charge in [0.1, 0.15) is 6.10 Å². The van der Waals surface area contributed by atoms with Crippen molar-refractivity contribution in [1.29, 1.82) is 0 Å². The lowest BCUT2D eigenvalue weighted by atomic mass is 10.0. The van der Waals surface area contributed by atoms with Crippen LogP contribution in [-0.4, -0.2) is 47.6 Å². The molecule has 0 radical (unpaired) electrons. The Morgan fingerprint density at radius 3 is 1.67 bits per heavy atom. The number of ether oxygens (including phenoxy) is 7. The van der Waals surface area contributed by atoms with Gasteiger partial charge in [-0.3, -0.25) is 4.79 Å². The van der Waals surface area contributed by atoms with E-state index in [4.69, 9.17) is 33.2 Å². The maximum absolute atomic E-state index is 12.0. The second-order valence-corrected chi connectivity index (χ2v) is 7.07. The molecule has 0 aromatic heterocycles. The normalized spacial score (nSPS) is 12.6. The van der Waals surface area contributed by atoms with E-state index in [0.29, 0.717) is 40.1 Å². The SMILES string of the molecule is CC=Cc1cc(OC)c(O[C@H](C)[C@H](OC(C)=O)c2cc(OC)c(OC)c(OC)c2)c(OC)c1. The average Bonchev–Trinajstić information content (AvgIpc) is 2.81. The monoisotopic (exact) mass is 460 g/mol. The van der Waals surface area contributed by atoms with Crippen LogP contribution in [0.3, 0.4) is 0 Å². The molecule has 0 aliphatic rings. The van der Waals surface area contributed by atoms with Crippen molar-refractivity contribution in [3.8, 4) is 34.5 Å². The molecule has 2 aromatic rings. The van der Waals surface area contributed by atoms with Crippen LogP contribution in [0.1, 0.15) is 38.0 Å². The molecule has 0 spiro atoms.